The van der Waals surface area contributed by atoms with Gasteiger partial charge in [-0.3, -0.25) is 9.69 Å². The van der Waals surface area contributed by atoms with E-state index in [4.69, 9.17) is 14.5 Å². The van der Waals surface area contributed by atoms with Gasteiger partial charge in [-0.1, -0.05) is 30.3 Å². The van der Waals surface area contributed by atoms with Gasteiger partial charge in [-0.15, -0.1) is 0 Å². The number of ether oxygens (including phenoxy) is 2. The van der Waals surface area contributed by atoms with Gasteiger partial charge >= 0.3 is 0 Å². The molecule has 5 rings (SSSR count). The SMILES string of the molecule is O=C1NCCc2c(N[C@H]3COC[C@@H]3N3CCOCC3)nc(-c3ccccc3)nc21. The lowest BCUT2D eigenvalue weighted by Crippen LogP contribution is -2.51. The van der Waals surface area contributed by atoms with Crippen LogP contribution in [0.3, 0.4) is 0 Å². The van der Waals surface area contributed by atoms with Crippen molar-refractivity contribution in [1.29, 1.82) is 0 Å². The van der Waals surface area contributed by atoms with Gasteiger partial charge in [0.25, 0.3) is 5.91 Å². The minimum atomic E-state index is -0.138. The molecule has 1 aromatic heterocycles. The maximum Gasteiger partial charge on any atom is 0.270 e. The van der Waals surface area contributed by atoms with Crippen LogP contribution in [0.1, 0.15) is 16.1 Å². The normalized spacial score (nSPS) is 24.8. The zero-order valence-corrected chi connectivity index (χ0v) is 16.3. The Balaban J connectivity index is 1.48. The van der Waals surface area contributed by atoms with E-state index < -0.39 is 0 Å². The number of nitrogens with one attached hydrogen (secondary N) is 2. The van der Waals surface area contributed by atoms with Crippen LogP contribution >= 0.6 is 0 Å². The summed E-state index contributed by atoms with van der Waals surface area (Å²) >= 11 is 0. The smallest absolute Gasteiger partial charge is 0.270 e. The molecule has 8 heteroatoms. The number of benzene rings is 1. The number of aromatic nitrogens is 2. The van der Waals surface area contributed by atoms with Crippen LogP contribution in [-0.2, 0) is 15.9 Å². The lowest BCUT2D eigenvalue weighted by atomic mass is 10.0. The molecule has 29 heavy (non-hydrogen) atoms. The Morgan fingerprint density at radius 3 is 2.72 bits per heavy atom. The number of fused-ring (bicyclic) bond motifs is 1. The molecule has 1 aromatic carbocycles. The molecule has 1 amide bonds. The molecule has 8 nitrogen and oxygen atoms in total. The molecule has 0 saturated carbocycles. The summed E-state index contributed by atoms with van der Waals surface area (Å²) in [6.45, 7) is 5.24. The van der Waals surface area contributed by atoms with E-state index in [-0.39, 0.29) is 18.0 Å². The van der Waals surface area contributed by atoms with E-state index in [9.17, 15) is 4.79 Å². The number of anilines is 1. The van der Waals surface area contributed by atoms with E-state index >= 15 is 0 Å². The van der Waals surface area contributed by atoms with E-state index in [2.05, 4.69) is 20.5 Å². The van der Waals surface area contributed by atoms with Gasteiger partial charge in [-0.05, 0) is 6.42 Å². The van der Waals surface area contributed by atoms with Gasteiger partial charge in [-0.25, -0.2) is 9.97 Å². The van der Waals surface area contributed by atoms with E-state index in [1.165, 1.54) is 0 Å². The van der Waals surface area contributed by atoms with Crippen LogP contribution < -0.4 is 10.6 Å². The summed E-state index contributed by atoms with van der Waals surface area (Å²) in [7, 11) is 0. The predicted octanol–water partition coefficient (Wildman–Crippen LogP) is 0.941. The van der Waals surface area contributed by atoms with Crippen LogP contribution in [0.2, 0.25) is 0 Å². The van der Waals surface area contributed by atoms with E-state index in [0.29, 0.717) is 37.7 Å². The lowest BCUT2D eigenvalue weighted by Gasteiger charge is -2.35. The summed E-state index contributed by atoms with van der Waals surface area (Å²) in [5.74, 6) is 1.17. The Kier molecular flexibility index (Phi) is 5.13. The first-order valence-electron chi connectivity index (χ1n) is 10.2. The highest BCUT2D eigenvalue weighted by molar-refractivity contribution is 5.96. The molecule has 2 atom stereocenters. The maximum atomic E-state index is 12.5. The van der Waals surface area contributed by atoms with Gasteiger partial charge in [-0.2, -0.15) is 0 Å². The number of hydrogen-bond donors (Lipinski definition) is 2. The quantitative estimate of drug-likeness (QED) is 0.797. The van der Waals surface area contributed by atoms with Gasteiger partial charge in [0.1, 0.15) is 11.5 Å². The van der Waals surface area contributed by atoms with E-state index in [1.54, 1.807) is 0 Å². The first-order chi connectivity index (χ1) is 14.3. The molecule has 2 N–H and O–H groups in total. The summed E-state index contributed by atoms with van der Waals surface area (Å²) in [5.41, 5.74) is 2.25. The molecule has 3 aliphatic heterocycles. The van der Waals surface area contributed by atoms with Crippen molar-refractivity contribution in [2.24, 2.45) is 0 Å². The molecule has 4 heterocycles. The molecule has 2 saturated heterocycles. The highest BCUT2D eigenvalue weighted by atomic mass is 16.5. The van der Waals surface area contributed by atoms with E-state index in [1.807, 2.05) is 30.3 Å². The summed E-state index contributed by atoms with van der Waals surface area (Å²) in [6.07, 6.45) is 0.717. The van der Waals surface area contributed by atoms with Crippen LogP contribution in [0.5, 0.6) is 0 Å². The Bertz CT molecular complexity index is 885. The summed E-state index contributed by atoms with van der Waals surface area (Å²) in [5, 5.41) is 6.50. The van der Waals surface area contributed by atoms with Crippen molar-refractivity contribution in [1.82, 2.24) is 20.2 Å². The Labute approximate surface area is 169 Å². The molecule has 0 bridgehead atoms. The van der Waals surface area contributed by atoms with Gasteiger partial charge in [0.15, 0.2) is 5.82 Å². The highest BCUT2D eigenvalue weighted by Gasteiger charge is 2.35. The number of rotatable bonds is 4. The molecule has 2 fully saturated rings. The number of carbonyl (C=O) groups excluding carboxylic acids is 1. The first kappa shape index (κ1) is 18.5. The van der Waals surface area contributed by atoms with Crippen LogP contribution in [0.25, 0.3) is 11.4 Å². The number of hydrogen-bond acceptors (Lipinski definition) is 7. The minimum absolute atomic E-state index is 0.112. The minimum Gasteiger partial charge on any atom is -0.379 e. The number of amides is 1. The summed E-state index contributed by atoms with van der Waals surface area (Å²) in [4.78, 5) is 24.3. The van der Waals surface area contributed by atoms with Crippen molar-refractivity contribution in [2.75, 3.05) is 51.4 Å². The van der Waals surface area contributed by atoms with Gasteiger partial charge in [0.2, 0.25) is 0 Å². The van der Waals surface area contributed by atoms with E-state index in [0.717, 1.165) is 43.2 Å². The van der Waals surface area contributed by atoms with Crippen molar-refractivity contribution in [3.8, 4) is 11.4 Å². The average molecular weight is 395 g/mol. The first-order valence-corrected chi connectivity index (χ1v) is 10.2. The largest absolute Gasteiger partial charge is 0.379 e. The second-order valence-corrected chi connectivity index (χ2v) is 7.60. The maximum absolute atomic E-state index is 12.5. The van der Waals surface area contributed by atoms with Crippen molar-refractivity contribution >= 4 is 11.7 Å². The Morgan fingerprint density at radius 2 is 1.90 bits per heavy atom. The van der Waals surface area contributed by atoms with Crippen LogP contribution in [-0.4, -0.2) is 78.9 Å². The zero-order valence-electron chi connectivity index (χ0n) is 16.3. The molecule has 3 aliphatic rings. The molecule has 0 radical (unpaired) electrons. The third-order valence-corrected chi connectivity index (χ3v) is 5.80. The van der Waals surface area contributed by atoms with Gasteiger partial charge in [0.05, 0.1) is 38.5 Å². The molecular weight excluding hydrogens is 370 g/mol. The fourth-order valence-electron chi connectivity index (χ4n) is 4.25. The van der Waals surface area contributed by atoms with Crippen molar-refractivity contribution < 1.29 is 14.3 Å². The Morgan fingerprint density at radius 1 is 1.07 bits per heavy atom. The standard InChI is InChI=1S/C21H25N5O3/c27-21-18-15(6-7-22-21)20(25-19(24-18)14-4-2-1-3-5-14)23-16-12-29-13-17(16)26-8-10-28-11-9-26/h1-5,16-17H,6-13H2,(H,22,27)(H,23,24,25)/t16-,17-/m0/s1. The lowest BCUT2D eigenvalue weighted by molar-refractivity contribution is 0.0130. The molecule has 0 unspecified atom stereocenters. The number of nitrogens with zero attached hydrogens (tertiary/aromatic N) is 3. The second-order valence-electron chi connectivity index (χ2n) is 7.60. The fraction of sp³-hybridized carbons (Fsp3) is 0.476. The molecular formula is C21H25N5O3. The third-order valence-electron chi connectivity index (χ3n) is 5.80. The highest BCUT2D eigenvalue weighted by Crippen LogP contribution is 2.27. The van der Waals surface area contributed by atoms with Gasteiger partial charge in [0, 0.05) is 30.8 Å². The number of morpholine rings is 1. The van der Waals surface area contributed by atoms with Gasteiger partial charge < -0.3 is 20.1 Å². The van der Waals surface area contributed by atoms with Crippen LogP contribution in [0.15, 0.2) is 30.3 Å². The fourth-order valence-corrected chi connectivity index (χ4v) is 4.25. The van der Waals surface area contributed by atoms with Crippen LogP contribution in [0.4, 0.5) is 5.82 Å². The third kappa shape index (κ3) is 3.71. The molecule has 0 aliphatic carbocycles. The van der Waals surface area contributed by atoms with Crippen LogP contribution in [0, 0.1) is 0 Å². The molecule has 0 spiro atoms. The summed E-state index contributed by atoms with van der Waals surface area (Å²) < 4.78 is 11.3. The zero-order chi connectivity index (χ0) is 19.6. The van der Waals surface area contributed by atoms with Crippen molar-refractivity contribution in [3.05, 3.63) is 41.6 Å². The average Bonchev–Trinajstić information content (AvgIpc) is 3.24. The topological polar surface area (TPSA) is 88.6 Å². The van der Waals surface area contributed by atoms with Crippen molar-refractivity contribution in [3.63, 3.8) is 0 Å². The van der Waals surface area contributed by atoms with Crippen molar-refractivity contribution in [2.45, 2.75) is 18.5 Å². The Hall–Kier alpha value is -2.55. The monoisotopic (exact) mass is 395 g/mol. The predicted molar refractivity (Wildman–Crippen MR) is 108 cm³/mol. The molecule has 2 aromatic rings. The second kappa shape index (κ2) is 8.06. The number of carbonyl (C=O) groups is 1. The summed E-state index contributed by atoms with van der Waals surface area (Å²) in [6, 6.07) is 10.2. The molecule has 152 valence electrons.